The van der Waals surface area contributed by atoms with Crippen LogP contribution in [-0.2, 0) is 39.9 Å². The fourth-order valence-corrected chi connectivity index (χ4v) is 7.09. The predicted molar refractivity (Wildman–Crippen MR) is 172 cm³/mol. The van der Waals surface area contributed by atoms with Crippen molar-refractivity contribution in [1.82, 2.24) is 19.8 Å². The maximum atomic E-state index is 14.2. The molecule has 0 aliphatic carbocycles. The molecule has 2 heterocycles. The lowest BCUT2D eigenvalue weighted by molar-refractivity contribution is -0.202. The Bertz CT molecular complexity index is 1670. The minimum Gasteiger partial charge on any atom is -0.508 e. The van der Waals surface area contributed by atoms with E-state index in [0.29, 0.717) is 26.9 Å². The number of aromatic hydroxyl groups is 1. The van der Waals surface area contributed by atoms with Gasteiger partial charge < -0.3 is 19.8 Å². The van der Waals surface area contributed by atoms with Gasteiger partial charge in [0.05, 0.1) is 29.4 Å². The first-order chi connectivity index (χ1) is 22.1. The maximum Gasteiger partial charge on any atom is 0.416 e. The van der Waals surface area contributed by atoms with Gasteiger partial charge in [-0.15, -0.1) is 0 Å². The molecule has 3 amide bonds. The Kier molecular flexibility index (Phi) is 9.95. The van der Waals surface area contributed by atoms with E-state index in [0.717, 1.165) is 6.07 Å². The van der Waals surface area contributed by atoms with Gasteiger partial charge >= 0.3 is 6.18 Å². The van der Waals surface area contributed by atoms with Crippen molar-refractivity contribution < 1.29 is 32.7 Å². The molecule has 0 aromatic heterocycles. The number of phenols is 1. The Morgan fingerprint density at radius 2 is 1.70 bits per heavy atom. The molecule has 0 spiro atoms. The molecule has 2 aliphatic heterocycles. The van der Waals surface area contributed by atoms with Crippen LogP contribution >= 0.6 is 23.2 Å². The van der Waals surface area contributed by atoms with Gasteiger partial charge in [-0.3, -0.25) is 19.4 Å². The number of piperazine rings is 1. The van der Waals surface area contributed by atoms with Gasteiger partial charge in [-0.1, -0.05) is 53.5 Å². The maximum absolute atomic E-state index is 14.2. The molecule has 5 rings (SSSR count). The molecule has 2 fully saturated rings. The lowest BCUT2D eigenvalue weighted by Gasteiger charge is -2.54. The predicted octanol–water partition coefficient (Wildman–Crippen LogP) is 5.21. The Balaban J connectivity index is 1.51. The van der Waals surface area contributed by atoms with Gasteiger partial charge in [-0.2, -0.15) is 13.2 Å². The van der Waals surface area contributed by atoms with Crippen LogP contribution in [0.5, 0.6) is 5.75 Å². The SMILES string of the molecule is CN(C)c1c(Cl)cc(Cl)cc1CN1CC2N(C(=O)CN(C)N2C(=O)CCc2ccccc2C(F)(F)F)[C@@H](Cc2ccc(O)cc2)C1=O. The summed E-state index contributed by atoms with van der Waals surface area (Å²) in [5, 5.41) is 13.4. The highest BCUT2D eigenvalue weighted by molar-refractivity contribution is 6.36. The summed E-state index contributed by atoms with van der Waals surface area (Å²) in [5.74, 6) is -1.19. The highest BCUT2D eigenvalue weighted by Crippen LogP contribution is 2.36. The number of alkyl halides is 3. The number of benzene rings is 3. The summed E-state index contributed by atoms with van der Waals surface area (Å²) in [7, 11) is 5.17. The number of hydrazine groups is 1. The zero-order valence-electron chi connectivity index (χ0n) is 26.0. The second kappa shape index (κ2) is 13.6. The molecule has 0 bridgehead atoms. The standard InChI is InChI=1S/C33H34Cl2F3N5O4/c1-39(2)31-22(15-23(34)16-26(31)35)17-41-18-28-42(27(32(41)47)14-20-8-11-24(44)12-9-20)30(46)19-40(3)43(28)29(45)13-10-21-6-4-5-7-25(21)33(36,37)38/h4-9,11-12,15-16,27-28,44H,10,13-14,17-19H2,1-3H3/t27-,28?/m0/s1. The number of aryl methyl sites for hydroxylation is 1. The number of fused-ring (bicyclic) bond motifs is 1. The molecule has 1 N–H and O–H groups in total. The first-order valence-electron chi connectivity index (χ1n) is 14.9. The van der Waals surface area contributed by atoms with Crippen molar-refractivity contribution >= 4 is 46.6 Å². The van der Waals surface area contributed by atoms with Crippen LogP contribution in [0.3, 0.4) is 0 Å². The number of hydrogen-bond acceptors (Lipinski definition) is 6. The highest BCUT2D eigenvalue weighted by Gasteiger charge is 2.50. The fourth-order valence-electron chi connectivity index (χ4n) is 6.39. The normalized spacial score (nSPS) is 18.9. The van der Waals surface area contributed by atoms with E-state index in [9.17, 15) is 32.7 Å². The van der Waals surface area contributed by atoms with E-state index in [1.807, 2.05) is 0 Å². The van der Waals surface area contributed by atoms with Crippen molar-refractivity contribution in [3.8, 4) is 5.75 Å². The molecule has 2 atom stereocenters. The van der Waals surface area contributed by atoms with Gasteiger partial charge in [0.15, 0.2) is 0 Å². The first-order valence-corrected chi connectivity index (χ1v) is 15.6. The van der Waals surface area contributed by atoms with Crippen LogP contribution in [0.2, 0.25) is 10.0 Å². The molecule has 0 saturated carbocycles. The summed E-state index contributed by atoms with van der Waals surface area (Å²) >= 11 is 12.9. The van der Waals surface area contributed by atoms with Crippen LogP contribution < -0.4 is 4.90 Å². The van der Waals surface area contributed by atoms with Crippen molar-refractivity contribution in [2.75, 3.05) is 39.1 Å². The third-order valence-electron chi connectivity index (χ3n) is 8.41. The molecule has 14 heteroatoms. The Labute approximate surface area is 280 Å². The van der Waals surface area contributed by atoms with Crippen molar-refractivity contribution in [2.45, 2.75) is 44.2 Å². The molecular weight excluding hydrogens is 658 g/mol. The summed E-state index contributed by atoms with van der Waals surface area (Å²) < 4.78 is 41.0. The van der Waals surface area contributed by atoms with Gasteiger partial charge in [-0.05, 0) is 53.4 Å². The highest BCUT2D eigenvalue weighted by atomic mass is 35.5. The number of carbonyl (C=O) groups excluding carboxylic acids is 3. The number of anilines is 1. The van der Waals surface area contributed by atoms with Crippen LogP contribution in [0, 0.1) is 0 Å². The van der Waals surface area contributed by atoms with Gasteiger partial charge in [-0.25, -0.2) is 5.01 Å². The monoisotopic (exact) mass is 691 g/mol. The minimum absolute atomic E-state index is 0.0133. The van der Waals surface area contributed by atoms with Crippen LogP contribution in [0.1, 0.15) is 28.7 Å². The third-order valence-corrected chi connectivity index (χ3v) is 8.91. The molecule has 250 valence electrons. The van der Waals surface area contributed by atoms with Gasteiger partial charge in [0.25, 0.3) is 0 Å². The van der Waals surface area contributed by atoms with Crippen LogP contribution in [0.4, 0.5) is 18.9 Å². The molecule has 47 heavy (non-hydrogen) atoms. The van der Waals surface area contributed by atoms with E-state index in [-0.39, 0.29) is 62.0 Å². The summed E-state index contributed by atoms with van der Waals surface area (Å²) in [6.07, 6.45) is -5.86. The largest absolute Gasteiger partial charge is 0.508 e. The van der Waals surface area contributed by atoms with Crippen molar-refractivity contribution in [3.63, 3.8) is 0 Å². The number of hydrogen-bond donors (Lipinski definition) is 1. The zero-order chi connectivity index (χ0) is 34.2. The second-order valence-corrected chi connectivity index (χ2v) is 12.7. The van der Waals surface area contributed by atoms with Crippen molar-refractivity contribution in [2.24, 2.45) is 0 Å². The quantitative estimate of drug-likeness (QED) is 0.349. The molecule has 2 saturated heterocycles. The molecule has 3 aromatic rings. The molecule has 2 aliphatic rings. The second-order valence-electron chi connectivity index (χ2n) is 11.9. The first kappa shape index (κ1) is 34.3. The molecule has 1 unspecified atom stereocenters. The Morgan fingerprint density at radius 3 is 2.36 bits per heavy atom. The molecule has 3 aromatic carbocycles. The van der Waals surface area contributed by atoms with E-state index in [4.69, 9.17) is 23.2 Å². The van der Waals surface area contributed by atoms with Crippen LogP contribution in [0.15, 0.2) is 60.7 Å². The summed E-state index contributed by atoms with van der Waals surface area (Å²) in [6.45, 7) is -0.222. The van der Waals surface area contributed by atoms with E-state index in [1.165, 1.54) is 45.2 Å². The average Bonchev–Trinajstić information content (AvgIpc) is 2.98. The molecular formula is C33H34Cl2F3N5O4. The number of halogens is 5. The van der Waals surface area contributed by atoms with E-state index >= 15 is 0 Å². The summed E-state index contributed by atoms with van der Waals surface area (Å²) in [4.78, 5) is 46.5. The topological polar surface area (TPSA) is 87.6 Å². The number of rotatable bonds is 8. The number of likely N-dealkylation sites (N-methyl/N-ethyl adjacent to an activating group) is 1. The van der Waals surface area contributed by atoms with E-state index in [1.54, 1.807) is 55.2 Å². The average molecular weight is 693 g/mol. The van der Waals surface area contributed by atoms with Crippen molar-refractivity contribution in [3.05, 3.63) is 93.0 Å². The van der Waals surface area contributed by atoms with E-state index in [2.05, 4.69) is 0 Å². The molecule has 9 nitrogen and oxygen atoms in total. The number of amides is 3. The smallest absolute Gasteiger partial charge is 0.416 e. The van der Waals surface area contributed by atoms with Gasteiger partial charge in [0.2, 0.25) is 17.7 Å². The minimum atomic E-state index is -4.58. The number of nitrogens with zero attached hydrogens (tertiary/aromatic N) is 5. The zero-order valence-corrected chi connectivity index (χ0v) is 27.5. The number of carbonyl (C=O) groups is 3. The van der Waals surface area contributed by atoms with E-state index < -0.39 is 29.9 Å². The van der Waals surface area contributed by atoms with Gasteiger partial charge in [0, 0.05) is 45.6 Å². The van der Waals surface area contributed by atoms with Crippen LogP contribution in [-0.4, -0.2) is 89.1 Å². The third kappa shape index (κ3) is 7.29. The summed E-state index contributed by atoms with van der Waals surface area (Å²) in [6, 6.07) is 13.7. The Hall–Kier alpha value is -4.00. The van der Waals surface area contributed by atoms with Crippen LogP contribution in [0.25, 0.3) is 0 Å². The summed E-state index contributed by atoms with van der Waals surface area (Å²) in [5.41, 5.74) is 1.15. The fraction of sp³-hybridized carbons (Fsp3) is 0.364. The molecule has 0 radical (unpaired) electrons. The lowest BCUT2D eigenvalue weighted by atomic mass is 9.97. The van der Waals surface area contributed by atoms with Crippen molar-refractivity contribution in [1.29, 1.82) is 0 Å². The number of phenolic OH excluding ortho intramolecular Hbond substituents is 1. The lowest BCUT2D eigenvalue weighted by Crippen LogP contribution is -2.75. The Morgan fingerprint density at radius 1 is 1.02 bits per heavy atom. The van der Waals surface area contributed by atoms with Gasteiger partial charge in [0.1, 0.15) is 18.0 Å².